The van der Waals surface area contributed by atoms with Gasteiger partial charge in [0.25, 0.3) is 0 Å². The van der Waals surface area contributed by atoms with Crippen molar-refractivity contribution in [2.75, 3.05) is 0 Å². The highest BCUT2D eigenvalue weighted by Crippen LogP contribution is 2.11. The Labute approximate surface area is 93.1 Å². The third-order valence-corrected chi connectivity index (χ3v) is 2.04. The number of aromatic nitrogens is 2. The van der Waals surface area contributed by atoms with E-state index in [1.807, 2.05) is 6.07 Å². The van der Waals surface area contributed by atoms with Gasteiger partial charge in [-0.25, -0.2) is 9.97 Å². The van der Waals surface area contributed by atoms with Crippen molar-refractivity contribution in [2.24, 2.45) is 5.92 Å². The third kappa shape index (κ3) is 3.24. The van der Waals surface area contributed by atoms with Gasteiger partial charge in [0, 0.05) is 18.8 Å². The second-order valence-electron chi connectivity index (χ2n) is 3.36. The van der Waals surface area contributed by atoms with Crippen LogP contribution in [0.1, 0.15) is 30.4 Å². The molecule has 0 fully saturated rings. The number of carbonyl (C=O) groups is 2. The van der Waals surface area contributed by atoms with Crippen molar-refractivity contribution in [3.8, 4) is 6.07 Å². The van der Waals surface area contributed by atoms with Gasteiger partial charge in [-0.1, -0.05) is 0 Å². The fraction of sp³-hybridized carbons (Fsp3) is 0.364. The van der Waals surface area contributed by atoms with Crippen molar-refractivity contribution in [2.45, 2.75) is 19.8 Å². The summed E-state index contributed by atoms with van der Waals surface area (Å²) in [5.41, 5.74) is 0. The van der Waals surface area contributed by atoms with E-state index in [2.05, 4.69) is 9.97 Å². The lowest BCUT2D eigenvalue weighted by atomic mass is 9.98. The van der Waals surface area contributed by atoms with Crippen molar-refractivity contribution in [3.05, 3.63) is 24.3 Å². The normalized spacial score (nSPS) is 11.5. The van der Waals surface area contributed by atoms with E-state index in [1.165, 1.54) is 19.3 Å². The van der Waals surface area contributed by atoms with Crippen molar-refractivity contribution in [1.82, 2.24) is 9.97 Å². The zero-order valence-corrected chi connectivity index (χ0v) is 8.88. The van der Waals surface area contributed by atoms with Crippen LogP contribution < -0.4 is 0 Å². The SMILES string of the molecule is CC(=O)CCC(C#N)C(=O)c1ncccn1. The first-order chi connectivity index (χ1) is 7.65. The third-order valence-electron chi connectivity index (χ3n) is 2.04. The molecule has 0 aliphatic carbocycles. The molecule has 1 heterocycles. The van der Waals surface area contributed by atoms with E-state index in [0.717, 1.165) is 0 Å². The molecule has 1 unspecified atom stereocenters. The van der Waals surface area contributed by atoms with E-state index in [-0.39, 0.29) is 24.4 Å². The molecule has 0 aromatic carbocycles. The number of hydrogen-bond donors (Lipinski definition) is 0. The number of nitriles is 1. The molecule has 0 N–H and O–H groups in total. The van der Waals surface area contributed by atoms with E-state index in [4.69, 9.17) is 5.26 Å². The molecule has 1 aromatic heterocycles. The average Bonchev–Trinajstić information content (AvgIpc) is 2.30. The van der Waals surface area contributed by atoms with Crippen molar-refractivity contribution >= 4 is 11.6 Å². The van der Waals surface area contributed by atoms with E-state index in [0.29, 0.717) is 0 Å². The van der Waals surface area contributed by atoms with Crippen LogP contribution in [-0.2, 0) is 4.79 Å². The standard InChI is InChI=1S/C11H11N3O2/c1-8(15)3-4-9(7-12)10(16)11-13-5-2-6-14-11/h2,5-6,9H,3-4H2,1H3. The average molecular weight is 217 g/mol. The van der Waals surface area contributed by atoms with Crippen molar-refractivity contribution < 1.29 is 9.59 Å². The molecule has 1 rings (SSSR count). The highest BCUT2D eigenvalue weighted by atomic mass is 16.1. The van der Waals surface area contributed by atoms with E-state index >= 15 is 0 Å². The van der Waals surface area contributed by atoms with Crippen molar-refractivity contribution in [3.63, 3.8) is 0 Å². The molecule has 0 saturated heterocycles. The van der Waals surface area contributed by atoms with Gasteiger partial charge in [0.1, 0.15) is 11.7 Å². The highest BCUT2D eigenvalue weighted by molar-refractivity contribution is 5.96. The molecule has 0 aliphatic heterocycles. The molecule has 1 aromatic rings. The molecule has 0 radical (unpaired) electrons. The van der Waals surface area contributed by atoms with E-state index in [9.17, 15) is 9.59 Å². The van der Waals surface area contributed by atoms with E-state index in [1.54, 1.807) is 6.07 Å². The van der Waals surface area contributed by atoms with Gasteiger partial charge in [-0.05, 0) is 19.4 Å². The minimum Gasteiger partial charge on any atom is -0.300 e. The van der Waals surface area contributed by atoms with Gasteiger partial charge in [0.15, 0.2) is 5.82 Å². The van der Waals surface area contributed by atoms with E-state index < -0.39 is 11.7 Å². The maximum absolute atomic E-state index is 11.7. The minimum absolute atomic E-state index is 0.0256. The summed E-state index contributed by atoms with van der Waals surface area (Å²) in [6, 6.07) is 3.46. The predicted molar refractivity (Wildman–Crippen MR) is 55.4 cm³/mol. The fourth-order valence-electron chi connectivity index (χ4n) is 1.18. The number of Topliss-reactive ketones (excluding diaryl/α,β-unsaturated/α-hetero) is 2. The predicted octanol–water partition coefficient (Wildman–Crippen LogP) is 1.17. The van der Waals surface area contributed by atoms with Crippen LogP contribution in [0.15, 0.2) is 18.5 Å². The monoisotopic (exact) mass is 217 g/mol. The van der Waals surface area contributed by atoms with Gasteiger partial charge in [-0.2, -0.15) is 5.26 Å². The Morgan fingerprint density at radius 1 is 1.44 bits per heavy atom. The topological polar surface area (TPSA) is 83.7 Å². The lowest BCUT2D eigenvalue weighted by molar-refractivity contribution is -0.117. The Bertz CT molecular complexity index is 423. The van der Waals surface area contributed by atoms with Crippen LogP contribution in [0.25, 0.3) is 0 Å². The summed E-state index contributed by atoms with van der Waals surface area (Å²) in [5.74, 6) is -1.28. The maximum Gasteiger partial charge on any atom is 0.217 e. The maximum atomic E-state index is 11.7. The molecule has 1 atom stereocenters. The molecule has 82 valence electrons. The second kappa shape index (κ2) is 5.71. The summed E-state index contributed by atoms with van der Waals surface area (Å²) >= 11 is 0. The Kier molecular flexibility index (Phi) is 4.28. The molecule has 0 bridgehead atoms. The Morgan fingerprint density at radius 2 is 2.06 bits per heavy atom. The summed E-state index contributed by atoms with van der Waals surface area (Å²) in [6.07, 6.45) is 3.33. The quantitative estimate of drug-likeness (QED) is 0.691. The van der Waals surface area contributed by atoms with Crippen LogP contribution in [0, 0.1) is 17.2 Å². The van der Waals surface area contributed by atoms with Crippen LogP contribution in [0.3, 0.4) is 0 Å². The molecule has 16 heavy (non-hydrogen) atoms. The molecule has 0 aliphatic rings. The fourth-order valence-corrected chi connectivity index (χ4v) is 1.18. The minimum atomic E-state index is -0.841. The van der Waals surface area contributed by atoms with Crippen LogP contribution in [0.5, 0.6) is 0 Å². The van der Waals surface area contributed by atoms with Gasteiger partial charge in [0.2, 0.25) is 5.78 Å². The molecular weight excluding hydrogens is 206 g/mol. The van der Waals surface area contributed by atoms with Gasteiger partial charge in [0.05, 0.1) is 6.07 Å². The number of carbonyl (C=O) groups excluding carboxylic acids is 2. The highest BCUT2D eigenvalue weighted by Gasteiger charge is 2.21. The Morgan fingerprint density at radius 3 is 2.56 bits per heavy atom. The summed E-state index contributed by atoms with van der Waals surface area (Å²) in [7, 11) is 0. The van der Waals surface area contributed by atoms with Crippen LogP contribution in [-0.4, -0.2) is 21.5 Å². The summed E-state index contributed by atoms with van der Waals surface area (Å²) in [5, 5.41) is 8.83. The number of ketones is 2. The molecule has 0 amide bonds. The summed E-state index contributed by atoms with van der Waals surface area (Å²) in [4.78, 5) is 30.1. The zero-order valence-electron chi connectivity index (χ0n) is 8.88. The van der Waals surface area contributed by atoms with Crippen LogP contribution in [0.4, 0.5) is 0 Å². The summed E-state index contributed by atoms with van der Waals surface area (Å²) in [6.45, 7) is 1.43. The lowest BCUT2D eigenvalue weighted by Crippen LogP contribution is -2.16. The summed E-state index contributed by atoms with van der Waals surface area (Å²) < 4.78 is 0. The lowest BCUT2D eigenvalue weighted by Gasteiger charge is -2.04. The first kappa shape index (κ1) is 12.0. The van der Waals surface area contributed by atoms with Gasteiger partial charge in [-0.15, -0.1) is 0 Å². The molecule has 5 nitrogen and oxygen atoms in total. The first-order valence-corrected chi connectivity index (χ1v) is 4.85. The molecule has 0 saturated carbocycles. The smallest absolute Gasteiger partial charge is 0.217 e. The van der Waals surface area contributed by atoms with Crippen LogP contribution in [0.2, 0.25) is 0 Å². The van der Waals surface area contributed by atoms with Gasteiger partial charge >= 0.3 is 0 Å². The van der Waals surface area contributed by atoms with Crippen LogP contribution >= 0.6 is 0 Å². The molecule has 0 spiro atoms. The number of rotatable bonds is 5. The van der Waals surface area contributed by atoms with Crippen molar-refractivity contribution in [1.29, 1.82) is 5.26 Å². The number of nitrogens with zero attached hydrogens (tertiary/aromatic N) is 3. The van der Waals surface area contributed by atoms with Gasteiger partial charge < -0.3 is 4.79 Å². The molecular formula is C11H11N3O2. The Hall–Kier alpha value is -2.09. The molecule has 5 heteroatoms. The zero-order chi connectivity index (χ0) is 12.0. The second-order valence-corrected chi connectivity index (χ2v) is 3.36. The van der Waals surface area contributed by atoms with Gasteiger partial charge in [-0.3, -0.25) is 4.79 Å². The largest absolute Gasteiger partial charge is 0.300 e. The first-order valence-electron chi connectivity index (χ1n) is 4.85. The Balaban J connectivity index is 2.71. The number of hydrogen-bond acceptors (Lipinski definition) is 5.